The van der Waals surface area contributed by atoms with E-state index < -0.39 is 75.8 Å². The molecule has 2 aliphatic carbocycles. The fourth-order valence-corrected chi connectivity index (χ4v) is 14.4. The van der Waals surface area contributed by atoms with Crippen LogP contribution in [-0.4, -0.2) is 140 Å². The van der Waals surface area contributed by atoms with Crippen LogP contribution in [0.1, 0.15) is 57.7 Å². The highest BCUT2D eigenvalue weighted by molar-refractivity contribution is 14.1. The number of alkyl halides is 2. The molecule has 1 aromatic heterocycles. The van der Waals surface area contributed by atoms with Crippen LogP contribution in [0.5, 0.6) is 0 Å². The molecule has 6 heterocycles. The summed E-state index contributed by atoms with van der Waals surface area (Å²) in [6, 6.07) is 4.86. The summed E-state index contributed by atoms with van der Waals surface area (Å²) in [5.41, 5.74) is -1.63. The minimum Gasteiger partial charge on any atom is -0.468 e. The van der Waals surface area contributed by atoms with Gasteiger partial charge in [0.2, 0.25) is 11.5 Å². The molecule has 12 atom stereocenters. The number of likely N-dealkylation sites (N-methyl/N-ethyl adjacent to an activating group) is 1. The first-order valence-corrected chi connectivity index (χ1v) is 22.6. The first-order valence-electron chi connectivity index (χ1n) is 21.5. The van der Waals surface area contributed by atoms with Crippen molar-refractivity contribution in [2.75, 3.05) is 61.1 Å². The molecule has 4 fully saturated rings. The van der Waals surface area contributed by atoms with E-state index in [-0.39, 0.29) is 31.3 Å². The molecule has 330 valence electrons. The molecule has 0 radical (unpaired) electrons. The molecule has 2 bridgehead atoms. The van der Waals surface area contributed by atoms with Crippen LogP contribution in [0.25, 0.3) is 10.9 Å². The Labute approximate surface area is 369 Å². The van der Waals surface area contributed by atoms with Gasteiger partial charge >= 0.3 is 17.9 Å². The highest BCUT2D eigenvalue weighted by Crippen LogP contribution is 2.70. The van der Waals surface area contributed by atoms with Crippen LogP contribution in [0.3, 0.4) is 0 Å². The van der Waals surface area contributed by atoms with E-state index in [0.717, 1.165) is 38.2 Å². The Morgan fingerprint density at radius 3 is 2.49 bits per heavy atom. The quantitative estimate of drug-likeness (QED) is 0.161. The lowest BCUT2D eigenvalue weighted by Crippen LogP contribution is -2.79. The number of carbonyl (C=O) groups excluding carboxylic acids is 3. The number of methoxy groups -OCH3 is 3. The van der Waals surface area contributed by atoms with Crippen molar-refractivity contribution in [2.24, 2.45) is 28.6 Å². The van der Waals surface area contributed by atoms with E-state index in [1.165, 1.54) is 21.1 Å². The van der Waals surface area contributed by atoms with Gasteiger partial charge in [0.15, 0.2) is 6.10 Å². The average Bonchev–Trinajstić information content (AvgIpc) is 3.89. The number of piperidine rings is 1. The molecule has 61 heavy (non-hydrogen) atoms. The lowest BCUT2D eigenvalue weighted by atomic mass is 9.47. The molecule has 4 unspecified atom stereocenters. The molecule has 1 spiro atoms. The van der Waals surface area contributed by atoms with Crippen molar-refractivity contribution >= 4 is 51.4 Å². The van der Waals surface area contributed by atoms with Crippen LogP contribution in [0, 0.1) is 32.2 Å². The number of hydrogen-bond acceptors (Lipinski definition) is 11. The van der Waals surface area contributed by atoms with Crippen molar-refractivity contribution in [3.8, 4) is 0 Å². The number of ether oxygens (including phenoxy) is 4. The number of rotatable bonds is 7. The van der Waals surface area contributed by atoms with Gasteiger partial charge in [-0.3, -0.25) is 14.5 Å². The van der Waals surface area contributed by atoms with Crippen molar-refractivity contribution in [3.05, 3.63) is 68.6 Å². The van der Waals surface area contributed by atoms with E-state index in [9.17, 15) is 14.7 Å². The second kappa shape index (κ2) is 14.8. The van der Waals surface area contributed by atoms with Gasteiger partial charge in [-0.15, -0.1) is 0 Å². The van der Waals surface area contributed by atoms with Gasteiger partial charge < -0.3 is 38.8 Å². The Hall–Kier alpha value is -3.38. The zero-order valence-corrected chi connectivity index (χ0v) is 38.1. The van der Waals surface area contributed by atoms with Gasteiger partial charge in [-0.25, -0.2) is 13.6 Å². The summed E-state index contributed by atoms with van der Waals surface area (Å²) < 4.78 is 55.8. The van der Waals surface area contributed by atoms with Crippen LogP contribution in [-0.2, 0) is 45.2 Å². The van der Waals surface area contributed by atoms with Crippen LogP contribution in [0.2, 0.25) is 0 Å². The number of nitrogens with zero attached hydrogens (tertiary/aromatic N) is 3. The Balaban J connectivity index is 1.33. The van der Waals surface area contributed by atoms with Gasteiger partial charge in [-0.2, -0.15) is 0 Å². The van der Waals surface area contributed by atoms with Gasteiger partial charge in [-0.05, 0) is 109 Å². The van der Waals surface area contributed by atoms with Gasteiger partial charge in [0, 0.05) is 102 Å². The number of aromatic nitrogens is 1. The standard InChI is InChI=1S/C46H57F2IN4O8/c1-8-43-13-9-15-53-17-14-44(37(43)53)31-20-32(35(58-5)21-34(31)51(4)38(44)46(57,41(56)60-7)39(43)61-25(2)54)45(40(55)59-6)22-26-18-27(42(3,47)48)24-52(23-26)16-12-29-30-19-28(49)10-11-33(30)50-36(29)45/h9-11,13,19-21,26-27,32,35,37-39,50,57H,8,12,14-18,22-24H2,1-7H3/t26-,27?,32?,35?,37+,38-,39-,43-,44-,45+,46+/m1/s1. The van der Waals surface area contributed by atoms with Crippen LogP contribution < -0.4 is 0 Å². The average molecular weight is 959 g/mol. The number of esters is 3. The monoisotopic (exact) mass is 958 g/mol. The number of nitrogens with one attached hydrogen (secondary N) is 1. The maximum atomic E-state index is 15.4. The minimum absolute atomic E-state index is 0.210. The summed E-state index contributed by atoms with van der Waals surface area (Å²) >= 11 is 2.29. The molecule has 7 aliphatic rings. The number of aliphatic hydroxyl groups is 1. The third-order valence-electron chi connectivity index (χ3n) is 16.0. The third kappa shape index (κ3) is 5.87. The van der Waals surface area contributed by atoms with E-state index >= 15 is 13.6 Å². The molecule has 1 aromatic carbocycles. The molecular weight excluding hydrogens is 901 g/mol. The maximum Gasteiger partial charge on any atom is 0.344 e. The first-order chi connectivity index (χ1) is 29.0. The predicted molar refractivity (Wildman–Crippen MR) is 230 cm³/mol. The second-order valence-electron chi connectivity index (χ2n) is 18.8. The Morgan fingerprint density at radius 1 is 1.07 bits per heavy atom. The van der Waals surface area contributed by atoms with Crippen LogP contribution in [0.4, 0.5) is 8.78 Å². The molecule has 2 aromatic rings. The lowest BCUT2D eigenvalue weighted by Gasteiger charge is -2.63. The molecule has 9 rings (SSSR count). The molecule has 1 saturated carbocycles. The van der Waals surface area contributed by atoms with E-state index in [4.69, 9.17) is 18.9 Å². The number of aromatic amines is 1. The fraction of sp³-hybridized carbons (Fsp3) is 0.630. The lowest BCUT2D eigenvalue weighted by molar-refractivity contribution is -0.243. The van der Waals surface area contributed by atoms with Gasteiger partial charge in [-0.1, -0.05) is 25.2 Å². The summed E-state index contributed by atoms with van der Waals surface area (Å²) in [6.45, 7) is 6.89. The normalized spacial score (nSPS) is 39.1. The number of allylic oxidation sites excluding steroid dienone is 1. The van der Waals surface area contributed by atoms with Gasteiger partial charge in [0.05, 0.1) is 26.4 Å². The Bertz CT molecular complexity index is 2260. The van der Waals surface area contributed by atoms with E-state index in [0.29, 0.717) is 51.1 Å². The van der Waals surface area contributed by atoms with E-state index in [1.54, 1.807) is 7.11 Å². The van der Waals surface area contributed by atoms with Gasteiger partial charge in [0.1, 0.15) is 5.41 Å². The maximum absolute atomic E-state index is 15.4. The predicted octanol–water partition coefficient (Wildman–Crippen LogP) is 5.37. The number of fused-ring (bicyclic) bond motifs is 6. The second-order valence-corrected chi connectivity index (χ2v) is 20.1. The largest absolute Gasteiger partial charge is 0.468 e. The van der Waals surface area contributed by atoms with Gasteiger partial charge in [0.25, 0.3) is 0 Å². The molecule has 0 amide bonds. The molecular formula is C46H57F2IN4O8. The highest BCUT2D eigenvalue weighted by Gasteiger charge is 2.81. The molecule has 5 aliphatic heterocycles. The van der Waals surface area contributed by atoms with Crippen molar-refractivity contribution in [1.82, 2.24) is 19.7 Å². The number of benzene rings is 1. The molecule has 15 heteroatoms. The Morgan fingerprint density at radius 2 is 1.82 bits per heavy atom. The summed E-state index contributed by atoms with van der Waals surface area (Å²) in [4.78, 5) is 53.0. The molecule has 2 N–H and O–H groups in total. The van der Waals surface area contributed by atoms with Crippen molar-refractivity contribution in [2.45, 2.75) is 94.1 Å². The Kier molecular flexibility index (Phi) is 10.4. The zero-order chi connectivity index (χ0) is 43.6. The van der Waals surface area contributed by atoms with Crippen LogP contribution >= 0.6 is 22.6 Å². The number of H-pyrrole nitrogens is 1. The number of likely N-dealkylation sites (tertiary alicyclic amines) is 1. The number of carbonyl (C=O) groups is 3. The summed E-state index contributed by atoms with van der Waals surface area (Å²) in [7, 11) is 6.08. The summed E-state index contributed by atoms with van der Waals surface area (Å²) in [5.74, 6) is -6.87. The van der Waals surface area contributed by atoms with Crippen LogP contribution in [0.15, 0.2) is 53.8 Å². The molecule has 12 nitrogen and oxygen atoms in total. The highest BCUT2D eigenvalue weighted by atomic mass is 127. The SMILES string of the molecule is CC[C@]12C=CCN3CC[C@@]4(C5=CC([C@@]6(C(=O)OC)C[C@H]7CC(C(C)(F)F)CN(CCc8c6[nH]c6ccc(I)cc86)C7)C(OC)C=C5N(C)[C@H]4[C@@](O)(C(=O)OC)[C@@H]1OC(C)=O)[C@@H]32. The smallest absolute Gasteiger partial charge is 0.344 e. The van der Waals surface area contributed by atoms with E-state index in [2.05, 4.69) is 49.5 Å². The van der Waals surface area contributed by atoms with Crippen molar-refractivity contribution in [1.29, 1.82) is 0 Å². The topological polar surface area (TPSA) is 134 Å². The van der Waals surface area contributed by atoms with E-state index in [1.807, 2.05) is 49.2 Å². The number of hydrogen-bond donors (Lipinski definition) is 2. The minimum atomic E-state index is -2.92. The third-order valence-corrected chi connectivity index (χ3v) is 16.7. The van der Waals surface area contributed by atoms with Crippen molar-refractivity contribution in [3.63, 3.8) is 0 Å². The number of halogens is 3. The summed E-state index contributed by atoms with van der Waals surface area (Å²) in [6.07, 6.45) is 8.11. The fourth-order valence-electron chi connectivity index (χ4n) is 13.9. The first kappa shape index (κ1) is 42.9. The van der Waals surface area contributed by atoms with Crippen molar-refractivity contribution < 1.29 is 47.2 Å². The summed E-state index contributed by atoms with van der Waals surface area (Å²) in [5, 5.41) is 14.3. The molecule has 3 saturated heterocycles. The zero-order valence-electron chi connectivity index (χ0n) is 35.9.